The lowest BCUT2D eigenvalue weighted by Gasteiger charge is -2.26. The summed E-state index contributed by atoms with van der Waals surface area (Å²) in [5, 5.41) is 3.56. The Balaban J connectivity index is 2.36. The third kappa shape index (κ3) is 7.28. The number of hydrogen-bond donors (Lipinski definition) is 1. The van der Waals surface area contributed by atoms with Crippen molar-refractivity contribution < 1.29 is 0 Å². The molecular weight excluding hydrogens is 234 g/mol. The Morgan fingerprint density at radius 1 is 1.32 bits per heavy atom. The molecule has 1 N–H and O–H groups in total. The van der Waals surface area contributed by atoms with E-state index in [2.05, 4.69) is 62.1 Å². The van der Waals surface area contributed by atoms with E-state index in [0.29, 0.717) is 5.92 Å². The Morgan fingerprint density at radius 3 is 2.58 bits per heavy atom. The molecule has 1 aromatic rings. The lowest BCUT2D eigenvalue weighted by atomic mass is 10.1. The molecule has 3 heteroatoms. The van der Waals surface area contributed by atoms with E-state index in [4.69, 9.17) is 0 Å². The lowest BCUT2D eigenvalue weighted by molar-refractivity contribution is 0.259. The summed E-state index contributed by atoms with van der Waals surface area (Å²) in [6.45, 7) is 14.0. The fraction of sp³-hybridized carbons (Fsp3) is 0.688. The molecule has 0 saturated heterocycles. The van der Waals surface area contributed by atoms with Crippen LogP contribution >= 0.6 is 0 Å². The first-order valence-corrected chi connectivity index (χ1v) is 7.12. The Bertz CT molecular complexity index is 382. The van der Waals surface area contributed by atoms with Crippen molar-refractivity contribution in [1.82, 2.24) is 15.2 Å². The van der Waals surface area contributed by atoms with Gasteiger partial charge in [-0.05, 0) is 59.3 Å². The normalized spacial score (nSPS) is 13.8. The molecule has 3 nitrogen and oxygen atoms in total. The smallest absolute Gasteiger partial charge is 0.0547 e. The number of hydrogen-bond acceptors (Lipinski definition) is 3. The maximum absolute atomic E-state index is 4.55. The van der Waals surface area contributed by atoms with E-state index in [1.807, 2.05) is 13.0 Å². The maximum atomic E-state index is 4.55. The minimum absolute atomic E-state index is 0.199. The minimum atomic E-state index is 0.199. The standard InChI is InChI=1S/C16H29N3/c1-13(10-17-16(3,4)5)11-19(6)12-15-9-7-8-14(2)18-15/h7-9,13,17H,10-12H2,1-6H3. The van der Waals surface area contributed by atoms with Crippen molar-refractivity contribution in [3.8, 4) is 0 Å². The van der Waals surface area contributed by atoms with Crippen molar-refractivity contribution in [2.24, 2.45) is 5.92 Å². The van der Waals surface area contributed by atoms with Crippen molar-refractivity contribution in [2.75, 3.05) is 20.1 Å². The highest BCUT2D eigenvalue weighted by Crippen LogP contribution is 2.06. The lowest BCUT2D eigenvalue weighted by Crippen LogP contribution is -2.40. The molecule has 0 spiro atoms. The van der Waals surface area contributed by atoms with Crippen LogP contribution in [0.2, 0.25) is 0 Å². The molecule has 0 fully saturated rings. The van der Waals surface area contributed by atoms with Crippen molar-refractivity contribution in [3.63, 3.8) is 0 Å². The van der Waals surface area contributed by atoms with Crippen LogP contribution in [0.15, 0.2) is 18.2 Å². The van der Waals surface area contributed by atoms with Gasteiger partial charge in [0, 0.05) is 24.3 Å². The molecule has 0 aliphatic carbocycles. The molecule has 108 valence electrons. The maximum Gasteiger partial charge on any atom is 0.0547 e. The number of pyridine rings is 1. The van der Waals surface area contributed by atoms with Gasteiger partial charge in [-0.25, -0.2) is 0 Å². The van der Waals surface area contributed by atoms with Crippen LogP contribution < -0.4 is 5.32 Å². The number of aryl methyl sites for hydroxylation is 1. The van der Waals surface area contributed by atoms with Gasteiger partial charge in [-0.3, -0.25) is 4.98 Å². The van der Waals surface area contributed by atoms with Gasteiger partial charge in [-0.1, -0.05) is 13.0 Å². The highest BCUT2D eigenvalue weighted by molar-refractivity contribution is 5.09. The van der Waals surface area contributed by atoms with E-state index < -0.39 is 0 Å². The van der Waals surface area contributed by atoms with Gasteiger partial charge in [0.2, 0.25) is 0 Å². The molecular formula is C16H29N3. The molecule has 1 rings (SSSR count). The van der Waals surface area contributed by atoms with Gasteiger partial charge in [0.25, 0.3) is 0 Å². The average Bonchev–Trinajstić information content (AvgIpc) is 2.25. The molecule has 1 aromatic heterocycles. The Kier molecular flexibility index (Phi) is 5.95. The zero-order valence-corrected chi connectivity index (χ0v) is 13.3. The van der Waals surface area contributed by atoms with Gasteiger partial charge in [0.15, 0.2) is 0 Å². The molecule has 0 bridgehead atoms. The van der Waals surface area contributed by atoms with Crippen LogP contribution in [0, 0.1) is 12.8 Å². The first-order chi connectivity index (χ1) is 8.76. The van der Waals surface area contributed by atoms with E-state index >= 15 is 0 Å². The van der Waals surface area contributed by atoms with Crippen LogP contribution in [0.5, 0.6) is 0 Å². The quantitative estimate of drug-likeness (QED) is 0.855. The predicted molar refractivity (Wildman–Crippen MR) is 82.2 cm³/mol. The van der Waals surface area contributed by atoms with Crippen LogP contribution in [-0.4, -0.2) is 35.6 Å². The molecule has 0 amide bonds. The Morgan fingerprint density at radius 2 is 2.00 bits per heavy atom. The van der Waals surface area contributed by atoms with Crippen LogP contribution in [0.4, 0.5) is 0 Å². The highest BCUT2D eigenvalue weighted by atomic mass is 15.1. The van der Waals surface area contributed by atoms with Crippen LogP contribution in [-0.2, 0) is 6.54 Å². The summed E-state index contributed by atoms with van der Waals surface area (Å²) in [5.74, 6) is 0.633. The summed E-state index contributed by atoms with van der Waals surface area (Å²) >= 11 is 0. The Labute approximate surface area is 118 Å². The van der Waals surface area contributed by atoms with Gasteiger partial charge in [0.05, 0.1) is 5.69 Å². The van der Waals surface area contributed by atoms with E-state index in [9.17, 15) is 0 Å². The van der Waals surface area contributed by atoms with Gasteiger partial charge < -0.3 is 10.2 Å². The molecule has 0 saturated carbocycles. The topological polar surface area (TPSA) is 28.2 Å². The molecule has 0 aliphatic rings. The van der Waals surface area contributed by atoms with E-state index in [-0.39, 0.29) is 5.54 Å². The highest BCUT2D eigenvalue weighted by Gasteiger charge is 2.12. The molecule has 0 aliphatic heterocycles. The number of nitrogens with one attached hydrogen (secondary N) is 1. The summed E-state index contributed by atoms with van der Waals surface area (Å²) in [4.78, 5) is 6.89. The van der Waals surface area contributed by atoms with Crippen LogP contribution in [0.3, 0.4) is 0 Å². The third-order valence-electron chi connectivity index (χ3n) is 2.98. The van der Waals surface area contributed by atoms with E-state index in [0.717, 1.165) is 31.0 Å². The van der Waals surface area contributed by atoms with E-state index in [1.165, 1.54) is 0 Å². The molecule has 1 atom stereocenters. The summed E-state index contributed by atoms with van der Waals surface area (Å²) < 4.78 is 0. The van der Waals surface area contributed by atoms with Crippen molar-refractivity contribution in [2.45, 2.75) is 46.7 Å². The van der Waals surface area contributed by atoms with Crippen molar-refractivity contribution in [3.05, 3.63) is 29.6 Å². The Hall–Kier alpha value is -0.930. The number of aromatic nitrogens is 1. The first-order valence-electron chi connectivity index (χ1n) is 7.12. The molecule has 19 heavy (non-hydrogen) atoms. The zero-order chi connectivity index (χ0) is 14.5. The average molecular weight is 263 g/mol. The molecule has 0 aromatic carbocycles. The monoisotopic (exact) mass is 263 g/mol. The largest absolute Gasteiger partial charge is 0.312 e. The summed E-state index contributed by atoms with van der Waals surface area (Å²) in [6, 6.07) is 6.22. The van der Waals surface area contributed by atoms with E-state index in [1.54, 1.807) is 0 Å². The summed E-state index contributed by atoms with van der Waals surface area (Å²) in [7, 11) is 2.16. The first kappa shape index (κ1) is 16.1. The molecule has 0 radical (unpaired) electrons. The van der Waals surface area contributed by atoms with Crippen LogP contribution in [0.25, 0.3) is 0 Å². The van der Waals surface area contributed by atoms with Gasteiger partial charge in [0.1, 0.15) is 0 Å². The predicted octanol–water partition coefficient (Wildman–Crippen LogP) is 2.85. The zero-order valence-electron chi connectivity index (χ0n) is 13.3. The second kappa shape index (κ2) is 7.01. The van der Waals surface area contributed by atoms with Gasteiger partial charge in [-0.2, -0.15) is 0 Å². The second-order valence-electron chi connectivity index (χ2n) is 6.70. The van der Waals surface area contributed by atoms with Gasteiger partial charge >= 0.3 is 0 Å². The fourth-order valence-electron chi connectivity index (χ4n) is 2.11. The third-order valence-corrected chi connectivity index (χ3v) is 2.98. The molecule has 1 heterocycles. The number of nitrogens with zero attached hydrogens (tertiary/aromatic N) is 2. The van der Waals surface area contributed by atoms with Crippen molar-refractivity contribution in [1.29, 1.82) is 0 Å². The van der Waals surface area contributed by atoms with Gasteiger partial charge in [-0.15, -0.1) is 0 Å². The second-order valence-corrected chi connectivity index (χ2v) is 6.70. The summed E-state index contributed by atoms with van der Waals surface area (Å²) in [6.07, 6.45) is 0. The van der Waals surface area contributed by atoms with Crippen LogP contribution in [0.1, 0.15) is 39.1 Å². The minimum Gasteiger partial charge on any atom is -0.312 e. The molecule has 1 unspecified atom stereocenters. The SMILES string of the molecule is Cc1cccc(CN(C)CC(C)CNC(C)(C)C)n1. The number of rotatable bonds is 6. The summed E-state index contributed by atoms with van der Waals surface area (Å²) in [5.41, 5.74) is 2.44. The van der Waals surface area contributed by atoms with Crippen molar-refractivity contribution >= 4 is 0 Å². The fourth-order valence-corrected chi connectivity index (χ4v) is 2.11.